The minimum atomic E-state index is 0.460. The molecule has 1 aliphatic heterocycles. The van der Waals surface area contributed by atoms with Crippen LogP contribution in [0.4, 0.5) is 5.82 Å². The van der Waals surface area contributed by atoms with Crippen LogP contribution >= 0.6 is 11.3 Å². The van der Waals surface area contributed by atoms with Crippen molar-refractivity contribution in [2.45, 2.75) is 31.8 Å². The van der Waals surface area contributed by atoms with Gasteiger partial charge in [0.05, 0.1) is 0 Å². The maximum Gasteiger partial charge on any atom is 0.128 e. The summed E-state index contributed by atoms with van der Waals surface area (Å²) in [6, 6.07) is 11.6. The zero-order valence-electron chi connectivity index (χ0n) is 11.8. The number of rotatable bonds is 4. The first-order chi connectivity index (χ1) is 9.83. The number of pyridine rings is 1. The Balaban J connectivity index is 1.51. The van der Waals surface area contributed by atoms with Crippen molar-refractivity contribution in [1.82, 2.24) is 10.3 Å². The summed E-state index contributed by atoms with van der Waals surface area (Å²) in [5.41, 5.74) is 0. The second kappa shape index (κ2) is 6.37. The minimum Gasteiger partial charge on any atom is -0.357 e. The lowest BCUT2D eigenvalue weighted by molar-refractivity contribution is 0.382. The Bertz CT molecular complexity index is 504. The van der Waals surface area contributed by atoms with Gasteiger partial charge in [0.1, 0.15) is 5.82 Å². The van der Waals surface area contributed by atoms with E-state index in [9.17, 15) is 0 Å². The molecule has 0 bridgehead atoms. The molecule has 3 nitrogen and oxygen atoms in total. The second-order valence-corrected chi connectivity index (χ2v) is 6.33. The SMILES string of the molecule is CC(NC1CCN(c2ccccn2)CC1)c1cccs1. The summed E-state index contributed by atoms with van der Waals surface area (Å²) < 4.78 is 0. The highest BCUT2D eigenvalue weighted by atomic mass is 32.1. The van der Waals surface area contributed by atoms with E-state index in [0.29, 0.717) is 12.1 Å². The lowest BCUT2D eigenvalue weighted by atomic mass is 10.0. The molecule has 0 aliphatic carbocycles. The third kappa shape index (κ3) is 3.19. The van der Waals surface area contributed by atoms with Gasteiger partial charge in [0.15, 0.2) is 0 Å². The van der Waals surface area contributed by atoms with Crippen molar-refractivity contribution < 1.29 is 0 Å². The second-order valence-electron chi connectivity index (χ2n) is 5.35. The van der Waals surface area contributed by atoms with E-state index in [4.69, 9.17) is 0 Å². The molecule has 1 aliphatic rings. The Hall–Kier alpha value is -1.39. The van der Waals surface area contributed by atoms with Crippen molar-refractivity contribution >= 4 is 17.2 Å². The number of hydrogen-bond donors (Lipinski definition) is 1. The van der Waals surface area contributed by atoms with Crippen molar-refractivity contribution in [2.75, 3.05) is 18.0 Å². The lowest BCUT2D eigenvalue weighted by Crippen LogP contribution is -2.43. The van der Waals surface area contributed by atoms with Gasteiger partial charge in [-0.15, -0.1) is 11.3 Å². The summed E-state index contributed by atoms with van der Waals surface area (Å²) in [6.07, 6.45) is 4.25. The highest BCUT2D eigenvalue weighted by Gasteiger charge is 2.21. The third-order valence-electron chi connectivity index (χ3n) is 3.92. The van der Waals surface area contributed by atoms with E-state index < -0.39 is 0 Å². The first kappa shape index (κ1) is 13.6. The van der Waals surface area contributed by atoms with Crippen molar-refractivity contribution in [1.29, 1.82) is 0 Å². The molecule has 1 unspecified atom stereocenters. The largest absolute Gasteiger partial charge is 0.357 e. The normalized spacial score (nSPS) is 18.1. The molecule has 0 aromatic carbocycles. The van der Waals surface area contributed by atoms with Crippen molar-refractivity contribution in [2.24, 2.45) is 0 Å². The van der Waals surface area contributed by atoms with Crippen molar-refractivity contribution in [3.8, 4) is 0 Å². The van der Waals surface area contributed by atoms with Crippen LogP contribution in [0, 0.1) is 0 Å². The Labute approximate surface area is 124 Å². The maximum absolute atomic E-state index is 4.44. The Morgan fingerprint density at radius 2 is 2.10 bits per heavy atom. The average Bonchev–Trinajstić information content (AvgIpc) is 3.03. The molecule has 1 atom stereocenters. The van der Waals surface area contributed by atoms with Crippen LogP contribution in [0.3, 0.4) is 0 Å². The van der Waals surface area contributed by atoms with Gasteiger partial charge in [0, 0.05) is 36.2 Å². The highest BCUT2D eigenvalue weighted by molar-refractivity contribution is 7.10. The van der Waals surface area contributed by atoms with Gasteiger partial charge in [-0.3, -0.25) is 0 Å². The Morgan fingerprint density at radius 3 is 2.75 bits per heavy atom. The van der Waals surface area contributed by atoms with Crippen LogP contribution in [-0.2, 0) is 0 Å². The van der Waals surface area contributed by atoms with Crippen LogP contribution in [0.5, 0.6) is 0 Å². The Morgan fingerprint density at radius 1 is 1.25 bits per heavy atom. The van der Waals surface area contributed by atoms with Crippen LogP contribution in [0.2, 0.25) is 0 Å². The lowest BCUT2D eigenvalue weighted by Gasteiger charge is -2.34. The maximum atomic E-state index is 4.44. The van der Waals surface area contributed by atoms with Gasteiger partial charge in [0.25, 0.3) is 0 Å². The van der Waals surface area contributed by atoms with Gasteiger partial charge in [-0.05, 0) is 43.3 Å². The van der Waals surface area contributed by atoms with E-state index in [0.717, 1.165) is 18.9 Å². The molecule has 4 heteroatoms. The summed E-state index contributed by atoms with van der Waals surface area (Å²) in [5.74, 6) is 1.11. The van der Waals surface area contributed by atoms with Crippen molar-refractivity contribution in [3.05, 3.63) is 46.8 Å². The molecule has 0 saturated carbocycles. The number of anilines is 1. The number of thiophene rings is 1. The van der Waals surface area contributed by atoms with E-state index in [2.05, 4.69) is 51.8 Å². The molecule has 1 fully saturated rings. The fraction of sp³-hybridized carbons (Fsp3) is 0.438. The Kier molecular flexibility index (Phi) is 4.33. The molecule has 3 heterocycles. The monoisotopic (exact) mass is 287 g/mol. The first-order valence-electron chi connectivity index (χ1n) is 7.28. The standard InChI is InChI=1S/C16H21N3S/c1-13(15-5-4-12-20-15)18-14-7-10-19(11-8-14)16-6-2-3-9-17-16/h2-6,9,12-14,18H,7-8,10-11H2,1H3. The molecule has 2 aromatic rings. The number of nitrogens with one attached hydrogen (secondary N) is 1. The molecule has 20 heavy (non-hydrogen) atoms. The first-order valence-corrected chi connectivity index (χ1v) is 8.16. The molecule has 106 valence electrons. The number of aromatic nitrogens is 1. The fourth-order valence-electron chi connectivity index (χ4n) is 2.79. The molecule has 3 rings (SSSR count). The average molecular weight is 287 g/mol. The van der Waals surface area contributed by atoms with E-state index in [1.54, 1.807) is 0 Å². The number of nitrogens with zero attached hydrogens (tertiary/aromatic N) is 2. The summed E-state index contributed by atoms with van der Waals surface area (Å²) in [4.78, 5) is 8.25. The molecular weight excluding hydrogens is 266 g/mol. The van der Waals surface area contributed by atoms with Gasteiger partial charge in [0.2, 0.25) is 0 Å². The van der Waals surface area contributed by atoms with Crippen LogP contribution in [-0.4, -0.2) is 24.1 Å². The van der Waals surface area contributed by atoms with Gasteiger partial charge in [-0.1, -0.05) is 12.1 Å². The molecule has 0 radical (unpaired) electrons. The minimum absolute atomic E-state index is 0.460. The van der Waals surface area contributed by atoms with E-state index in [-0.39, 0.29) is 0 Å². The summed E-state index contributed by atoms with van der Waals surface area (Å²) in [6.45, 7) is 4.44. The number of piperidine rings is 1. The van der Waals surface area contributed by atoms with Gasteiger partial charge in [-0.25, -0.2) is 4.98 Å². The van der Waals surface area contributed by atoms with E-state index in [1.807, 2.05) is 23.6 Å². The van der Waals surface area contributed by atoms with E-state index in [1.165, 1.54) is 17.7 Å². The summed E-state index contributed by atoms with van der Waals surface area (Å²) >= 11 is 1.83. The topological polar surface area (TPSA) is 28.2 Å². The van der Waals surface area contributed by atoms with Gasteiger partial charge < -0.3 is 10.2 Å². The smallest absolute Gasteiger partial charge is 0.128 e. The van der Waals surface area contributed by atoms with Crippen LogP contribution in [0.15, 0.2) is 41.9 Å². The molecular formula is C16H21N3S. The van der Waals surface area contributed by atoms with Gasteiger partial charge >= 0.3 is 0 Å². The van der Waals surface area contributed by atoms with Crippen LogP contribution in [0.1, 0.15) is 30.7 Å². The van der Waals surface area contributed by atoms with Crippen molar-refractivity contribution in [3.63, 3.8) is 0 Å². The molecule has 2 aromatic heterocycles. The zero-order valence-corrected chi connectivity index (χ0v) is 12.6. The fourth-order valence-corrected chi connectivity index (χ4v) is 3.53. The quantitative estimate of drug-likeness (QED) is 0.933. The molecule has 0 spiro atoms. The molecule has 0 amide bonds. The predicted octanol–water partition coefficient (Wildman–Crippen LogP) is 3.46. The predicted molar refractivity (Wildman–Crippen MR) is 85.3 cm³/mol. The summed E-state index contributed by atoms with van der Waals surface area (Å²) in [7, 11) is 0. The van der Waals surface area contributed by atoms with Crippen LogP contribution < -0.4 is 10.2 Å². The zero-order chi connectivity index (χ0) is 13.8. The molecule has 1 saturated heterocycles. The number of hydrogen-bond acceptors (Lipinski definition) is 4. The molecule has 1 N–H and O–H groups in total. The van der Waals surface area contributed by atoms with Crippen LogP contribution in [0.25, 0.3) is 0 Å². The highest BCUT2D eigenvalue weighted by Crippen LogP contribution is 2.22. The van der Waals surface area contributed by atoms with Gasteiger partial charge in [-0.2, -0.15) is 0 Å². The van der Waals surface area contributed by atoms with E-state index >= 15 is 0 Å². The third-order valence-corrected chi connectivity index (χ3v) is 4.98. The summed E-state index contributed by atoms with van der Waals surface area (Å²) in [5, 5.41) is 5.91.